The van der Waals surface area contributed by atoms with Crippen molar-refractivity contribution in [1.29, 1.82) is 0 Å². The molecule has 1 fully saturated rings. The minimum atomic E-state index is -1.35. The predicted octanol–water partition coefficient (Wildman–Crippen LogP) is 2.39. The van der Waals surface area contributed by atoms with Gasteiger partial charge in [0.05, 0.1) is 38.7 Å². The van der Waals surface area contributed by atoms with Crippen LogP contribution in [0.3, 0.4) is 0 Å². The number of likely N-dealkylation sites (tertiary alicyclic amines) is 1. The van der Waals surface area contributed by atoms with Crippen LogP contribution in [0, 0.1) is 0 Å². The molecule has 2 atom stereocenters. The van der Waals surface area contributed by atoms with E-state index in [2.05, 4.69) is 14.1 Å². The predicted molar refractivity (Wildman–Crippen MR) is 101 cm³/mol. The van der Waals surface area contributed by atoms with Crippen molar-refractivity contribution in [2.24, 2.45) is 0 Å². The molecule has 140 valence electrons. The molecule has 1 aromatic heterocycles. The van der Waals surface area contributed by atoms with E-state index >= 15 is 0 Å². The first-order chi connectivity index (χ1) is 12.5. The zero-order chi connectivity index (χ0) is 18.6. The van der Waals surface area contributed by atoms with E-state index in [1.807, 2.05) is 47.8 Å². The van der Waals surface area contributed by atoms with Crippen LogP contribution < -0.4 is 0 Å². The molecular weight excluding hydrogens is 350 g/mol. The number of carbonyl (C=O) groups excluding carboxylic acids is 1. The van der Waals surface area contributed by atoms with E-state index in [4.69, 9.17) is 9.47 Å². The summed E-state index contributed by atoms with van der Waals surface area (Å²) in [5.41, 5.74) is -0.634. The number of likely N-dealkylation sites (N-methyl/N-ethyl adjacent to an activating group) is 1. The average Bonchev–Trinajstić information content (AvgIpc) is 3.27. The number of nitrogens with zero attached hydrogens (tertiary/aromatic N) is 1. The van der Waals surface area contributed by atoms with Crippen LogP contribution in [0.4, 0.5) is 0 Å². The lowest BCUT2D eigenvalue weighted by Crippen LogP contribution is -2.44. The Balaban J connectivity index is 1.97. The Hall–Kier alpha value is -1.73. The summed E-state index contributed by atoms with van der Waals surface area (Å²) in [5, 5.41) is 11.2. The molecule has 1 saturated heterocycles. The number of aliphatic hydroxyl groups excluding tert-OH is 1. The van der Waals surface area contributed by atoms with Crippen LogP contribution in [0.15, 0.2) is 47.8 Å². The average molecular weight is 376 g/mol. The third-order valence-electron chi connectivity index (χ3n) is 4.77. The molecular formula is C20H26NO4S+. The van der Waals surface area contributed by atoms with Gasteiger partial charge in [-0.25, -0.2) is 4.79 Å². The summed E-state index contributed by atoms with van der Waals surface area (Å²) >= 11 is 1.45. The Morgan fingerprint density at radius 3 is 2.62 bits per heavy atom. The van der Waals surface area contributed by atoms with E-state index in [9.17, 15) is 9.90 Å². The number of benzene rings is 1. The molecule has 1 aliphatic rings. The Kier molecular flexibility index (Phi) is 5.77. The second-order valence-electron chi connectivity index (χ2n) is 7.25. The van der Waals surface area contributed by atoms with E-state index < -0.39 is 11.6 Å². The van der Waals surface area contributed by atoms with Gasteiger partial charge < -0.3 is 19.1 Å². The number of ether oxygens (including phenoxy) is 2. The minimum absolute atomic E-state index is 0.0497. The van der Waals surface area contributed by atoms with Gasteiger partial charge in [-0.2, -0.15) is 0 Å². The van der Waals surface area contributed by atoms with Gasteiger partial charge in [0.2, 0.25) is 5.60 Å². The number of carbonyl (C=O) groups is 1. The van der Waals surface area contributed by atoms with Crippen LogP contribution in [0.5, 0.6) is 0 Å². The van der Waals surface area contributed by atoms with E-state index in [0.717, 1.165) is 28.9 Å². The van der Waals surface area contributed by atoms with Gasteiger partial charge in [0.15, 0.2) is 6.10 Å². The molecule has 0 aliphatic carbocycles. The maximum Gasteiger partial charge on any atom is 0.349 e. The quantitative estimate of drug-likeness (QED) is 0.596. The first-order valence-electron chi connectivity index (χ1n) is 8.85. The third-order valence-corrected chi connectivity index (χ3v) is 5.74. The molecule has 0 saturated carbocycles. The van der Waals surface area contributed by atoms with Gasteiger partial charge in [-0.05, 0) is 11.4 Å². The second kappa shape index (κ2) is 7.88. The van der Waals surface area contributed by atoms with E-state index in [0.29, 0.717) is 5.56 Å². The molecule has 2 heterocycles. The van der Waals surface area contributed by atoms with Crippen molar-refractivity contribution in [1.82, 2.24) is 0 Å². The van der Waals surface area contributed by atoms with Gasteiger partial charge in [-0.1, -0.05) is 36.4 Å². The van der Waals surface area contributed by atoms with Crippen LogP contribution in [-0.4, -0.2) is 62.1 Å². The summed E-state index contributed by atoms with van der Waals surface area (Å²) < 4.78 is 12.8. The molecule has 6 heteroatoms. The molecule has 26 heavy (non-hydrogen) atoms. The highest BCUT2D eigenvalue weighted by Gasteiger charge is 2.48. The first kappa shape index (κ1) is 19.0. The Bertz CT molecular complexity index is 717. The highest BCUT2D eigenvalue weighted by atomic mass is 32.1. The maximum absolute atomic E-state index is 13.4. The number of hydrogen-bond acceptors (Lipinski definition) is 5. The fourth-order valence-corrected chi connectivity index (χ4v) is 4.37. The smallest absolute Gasteiger partial charge is 0.349 e. The molecule has 0 amide bonds. The van der Waals surface area contributed by atoms with Crippen molar-refractivity contribution >= 4 is 17.3 Å². The van der Waals surface area contributed by atoms with Crippen molar-refractivity contribution in [3.05, 3.63) is 58.3 Å². The molecule has 1 N–H and O–H groups in total. The summed E-state index contributed by atoms with van der Waals surface area (Å²) in [6.07, 6.45) is 0.715. The fourth-order valence-electron chi connectivity index (χ4n) is 3.48. The largest absolute Gasteiger partial charge is 0.453 e. The summed E-state index contributed by atoms with van der Waals surface area (Å²) in [6, 6.07) is 13.2. The fraction of sp³-hybridized carbons (Fsp3) is 0.450. The molecule has 2 unspecified atom stereocenters. The summed E-state index contributed by atoms with van der Waals surface area (Å²) in [5.74, 6) is -0.411. The van der Waals surface area contributed by atoms with Gasteiger partial charge in [-0.15, -0.1) is 11.3 Å². The molecule has 0 bridgehead atoms. The van der Waals surface area contributed by atoms with Crippen molar-refractivity contribution in [2.45, 2.75) is 18.1 Å². The Morgan fingerprint density at radius 1 is 1.27 bits per heavy atom. The first-order valence-corrected chi connectivity index (χ1v) is 9.73. The van der Waals surface area contributed by atoms with E-state index in [-0.39, 0.29) is 19.3 Å². The maximum atomic E-state index is 13.4. The van der Waals surface area contributed by atoms with Crippen LogP contribution >= 0.6 is 11.3 Å². The van der Waals surface area contributed by atoms with Crippen molar-refractivity contribution in [3.8, 4) is 0 Å². The van der Waals surface area contributed by atoms with Crippen LogP contribution in [0.1, 0.15) is 16.9 Å². The van der Waals surface area contributed by atoms with E-state index in [1.165, 1.54) is 11.3 Å². The number of quaternary nitrogens is 1. The topological polar surface area (TPSA) is 55.8 Å². The lowest BCUT2D eigenvalue weighted by molar-refractivity contribution is -0.879. The van der Waals surface area contributed by atoms with Crippen LogP contribution in [0.25, 0.3) is 0 Å². The second-order valence-corrected chi connectivity index (χ2v) is 8.20. The number of rotatable bonds is 7. The normalized spacial score (nSPS) is 21.3. The Morgan fingerprint density at radius 2 is 2.04 bits per heavy atom. The standard InChI is InChI=1S/C20H26NO4S/c1-21(2)11-10-17(15-21)25-19(23)20(24-13-12-22,18-9-6-14-26-18)16-7-4-3-5-8-16/h3-9,14,17,22H,10-13,15H2,1-2H3/q+1. The van der Waals surface area contributed by atoms with Crippen molar-refractivity contribution in [2.75, 3.05) is 40.4 Å². The number of thiophene rings is 1. The zero-order valence-electron chi connectivity index (χ0n) is 15.3. The third kappa shape index (κ3) is 3.83. The SMILES string of the molecule is C[N+]1(C)CCC(OC(=O)C(OCCO)(c2ccccc2)c2cccs2)C1. The summed E-state index contributed by atoms with van der Waals surface area (Å²) in [6.45, 7) is 1.66. The lowest BCUT2D eigenvalue weighted by atomic mass is 9.91. The molecule has 2 aromatic rings. The van der Waals surface area contributed by atoms with Gasteiger partial charge in [0, 0.05) is 12.0 Å². The van der Waals surface area contributed by atoms with Gasteiger partial charge in [0.25, 0.3) is 0 Å². The summed E-state index contributed by atoms with van der Waals surface area (Å²) in [7, 11) is 4.28. The molecule has 0 spiro atoms. The van der Waals surface area contributed by atoms with Crippen molar-refractivity contribution in [3.63, 3.8) is 0 Å². The van der Waals surface area contributed by atoms with Gasteiger partial charge in [-0.3, -0.25) is 0 Å². The van der Waals surface area contributed by atoms with Crippen molar-refractivity contribution < 1.29 is 23.9 Å². The Labute approximate surface area is 158 Å². The van der Waals surface area contributed by atoms with Crippen LogP contribution in [-0.2, 0) is 19.9 Å². The molecule has 0 radical (unpaired) electrons. The number of esters is 1. The summed E-state index contributed by atoms with van der Waals surface area (Å²) in [4.78, 5) is 14.2. The number of hydrogen-bond donors (Lipinski definition) is 1. The zero-order valence-corrected chi connectivity index (χ0v) is 16.1. The van der Waals surface area contributed by atoms with Crippen LogP contribution in [0.2, 0.25) is 0 Å². The highest BCUT2D eigenvalue weighted by Crippen LogP contribution is 2.38. The monoisotopic (exact) mass is 376 g/mol. The number of aliphatic hydroxyl groups is 1. The van der Waals surface area contributed by atoms with Gasteiger partial charge >= 0.3 is 5.97 Å². The molecule has 1 aromatic carbocycles. The molecule has 3 rings (SSSR count). The molecule has 5 nitrogen and oxygen atoms in total. The molecule has 1 aliphatic heterocycles. The van der Waals surface area contributed by atoms with Gasteiger partial charge in [0.1, 0.15) is 6.54 Å². The lowest BCUT2D eigenvalue weighted by Gasteiger charge is -2.32. The highest BCUT2D eigenvalue weighted by molar-refractivity contribution is 7.10. The van der Waals surface area contributed by atoms with E-state index in [1.54, 1.807) is 0 Å². The minimum Gasteiger partial charge on any atom is -0.453 e.